The van der Waals surface area contributed by atoms with Crippen LogP contribution >= 0.6 is 0 Å². The van der Waals surface area contributed by atoms with Gasteiger partial charge in [0.1, 0.15) is 23.1 Å². The van der Waals surface area contributed by atoms with Crippen LogP contribution in [0.2, 0.25) is 0 Å². The lowest BCUT2D eigenvalue weighted by Crippen LogP contribution is -2.46. The number of nitrogens with zero attached hydrogens (tertiary/aromatic N) is 1. The van der Waals surface area contributed by atoms with E-state index in [1.165, 1.54) is 6.08 Å². The molecule has 0 atom stereocenters. The molecule has 154 valence electrons. The van der Waals surface area contributed by atoms with E-state index in [2.05, 4.69) is 15.0 Å². The third-order valence-corrected chi connectivity index (χ3v) is 4.67. The minimum atomic E-state index is -0.384. The number of nitrogens with one attached hydrogen (secondary N) is 2. The topological polar surface area (TPSA) is 87.8 Å². The third-order valence-electron chi connectivity index (χ3n) is 4.67. The molecule has 6 heteroatoms. The van der Waals surface area contributed by atoms with E-state index in [1.54, 1.807) is 24.4 Å². The average molecular weight is 411 g/mol. The lowest BCUT2D eigenvalue weighted by molar-refractivity contribution is 0.305. The van der Waals surface area contributed by atoms with E-state index in [9.17, 15) is 9.59 Å². The maximum atomic E-state index is 12.4. The first kappa shape index (κ1) is 20.1. The van der Waals surface area contributed by atoms with Crippen molar-refractivity contribution in [1.29, 1.82) is 0 Å². The molecule has 0 amide bonds. The minimum Gasteiger partial charge on any atom is -0.487 e. The molecule has 0 saturated carbocycles. The summed E-state index contributed by atoms with van der Waals surface area (Å²) in [6, 6.07) is 23.1. The summed E-state index contributed by atoms with van der Waals surface area (Å²) >= 11 is 0. The van der Waals surface area contributed by atoms with E-state index in [4.69, 9.17) is 4.74 Å². The van der Waals surface area contributed by atoms with Gasteiger partial charge in [0.2, 0.25) is 0 Å². The maximum Gasteiger partial charge on any atom is 0.272 e. The van der Waals surface area contributed by atoms with Gasteiger partial charge in [0.25, 0.3) is 11.1 Å². The zero-order valence-corrected chi connectivity index (χ0v) is 16.7. The summed E-state index contributed by atoms with van der Waals surface area (Å²) < 4.78 is 5.71. The molecule has 2 N–H and O–H groups in total. The van der Waals surface area contributed by atoms with Crippen molar-refractivity contribution in [3.8, 4) is 5.75 Å². The Hall–Kier alpha value is -4.19. The quantitative estimate of drug-likeness (QED) is 0.507. The second-order valence-electron chi connectivity index (χ2n) is 6.97. The van der Waals surface area contributed by atoms with E-state index < -0.39 is 0 Å². The van der Waals surface area contributed by atoms with Crippen molar-refractivity contribution in [1.82, 2.24) is 15.0 Å². The number of hydrogen-bond donors (Lipinski definition) is 2. The molecule has 2 heterocycles. The molecule has 0 saturated heterocycles. The molecule has 0 aliphatic carbocycles. The van der Waals surface area contributed by atoms with Crippen LogP contribution in [0.25, 0.3) is 12.2 Å². The highest BCUT2D eigenvalue weighted by Gasteiger charge is 2.00. The summed E-state index contributed by atoms with van der Waals surface area (Å²) in [5, 5.41) is 0.385. The van der Waals surface area contributed by atoms with E-state index >= 15 is 0 Å². The molecule has 31 heavy (non-hydrogen) atoms. The first-order valence-corrected chi connectivity index (χ1v) is 9.88. The summed E-state index contributed by atoms with van der Waals surface area (Å²) in [4.78, 5) is 34.3. The standard InChI is InChI=1S/C25H21N3O3/c29-24-22(14-11-18-7-3-1-4-8-18)27-25(30)23(28-24)15-20-12-13-21(16-26-20)31-17-19-9-5-2-6-10-19/h1-10,12-16H,11,17H2,(H,27,30)(H,28,29)/b22-14-,23-15+. The molecule has 4 rings (SSSR count). The van der Waals surface area contributed by atoms with E-state index in [0.29, 0.717) is 24.5 Å². The Labute approximate surface area is 178 Å². The smallest absolute Gasteiger partial charge is 0.272 e. The summed E-state index contributed by atoms with van der Waals surface area (Å²) in [5.41, 5.74) is 1.91. The second kappa shape index (κ2) is 9.54. The van der Waals surface area contributed by atoms with Gasteiger partial charge in [0.15, 0.2) is 0 Å². The van der Waals surface area contributed by atoms with Crippen molar-refractivity contribution in [3.63, 3.8) is 0 Å². The Bertz CT molecular complexity index is 1370. The van der Waals surface area contributed by atoms with Crippen LogP contribution in [-0.2, 0) is 13.0 Å². The SMILES string of the molecule is O=c1[nH]/c(=C/c2ccc(OCc3ccccc3)cn2)c(=O)[nH]/c1=C\Cc1ccccc1. The molecule has 4 aromatic rings. The van der Waals surface area contributed by atoms with Crippen LogP contribution in [0.5, 0.6) is 5.75 Å². The van der Waals surface area contributed by atoms with Crippen LogP contribution in [-0.4, -0.2) is 15.0 Å². The lowest BCUT2D eigenvalue weighted by Gasteiger charge is -2.05. The summed E-state index contributed by atoms with van der Waals surface area (Å²) in [5.74, 6) is 0.620. The van der Waals surface area contributed by atoms with Gasteiger partial charge in [-0.05, 0) is 35.8 Å². The fourth-order valence-corrected chi connectivity index (χ4v) is 3.02. The summed E-state index contributed by atoms with van der Waals surface area (Å²) in [6.45, 7) is 0.444. The van der Waals surface area contributed by atoms with Crippen LogP contribution in [0.15, 0.2) is 88.6 Å². The van der Waals surface area contributed by atoms with Gasteiger partial charge < -0.3 is 14.7 Å². The lowest BCUT2D eigenvalue weighted by atomic mass is 10.1. The van der Waals surface area contributed by atoms with Gasteiger partial charge >= 0.3 is 0 Å². The number of aromatic nitrogens is 3. The highest BCUT2D eigenvalue weighted by molar-refractivity contribution is 5.44. The van der Waals surface area contributed by atoms with Crippen LogP contribution < -0.4 is 26.6 Å². The molecule has 2 aromatic carbocycles. The number of aromatic amines is 2. The first-order chi connectivity index (χ1) is 15.2. The van der Waals surface area contributed by atoms with Crippen LogP contribution in [0.4, 0.5) is 0 Å². The zero-order valence-electron chi connectivity index (χ0n) is 16.7. The Morgan fingerprint density at radius 3 is 2.10 bits per heavy atom. The summed E-state index contributed by atoms with van der Waals surface area (Å²) in [6.07, 6.45) is 5.37. The number of hydrogen-bond acceptors (Lipinski definition) is 4. The van der Waals surface area contributed by atoms with Crippen LogP contribution in [0.3, 0.4) is 0 Å². The number of pyridine rings is 1. The van der Waals surface area contributed by atoms with Gasteiger partial charge in [-0.2, -0.15) is 0 Å². The molecule has 0 bridgehead atoms. The monoisotopic (exact) mass is 411 g/mol. The molecule has 6 nitrogen and oxygen atoms in total. The van der Waals surface area contributed by atoms with Gasteiger partial charge in [-0.25, -0.2) is 0 Å². The minimum absolute atomic E-state index is 0.146. The van der Waals surface area contributed by atoms with Gasteiger partial charge in [-0.3, -0.25) is 14.6 Å². The average Bonchev–Trinajstić information content (AvgIpc) is 2.81. The molecule has 0 radical (unpaired) electrons. The number of rotatable bonds is 6. The van der Waals surface area contributed by atoms with E-state index in [-0.39, 0.29) is 21.8 Å². The van der Waals surface area contributed by atoms with Gasteiger partial charge in [0.05, 0.1) is 11.9 Å². The fraction of sp³-hybridized carbons (Fsp3) is 0.0800. The molecular formula is C25H21N3O3. The second-order valence-corrected chi connectivity index (χ2v) is 6.97. The van der Waals surface area contributed by atoms with Crippen molar-refractivity contribution in [2.75, 3.05) is 0 Å². The number of benzene rings is 2. The highest BCUT2D eigenvalue weighted by Crippen LogP contribution is 2.12. The molecule has 0 aliphatic rings. The predicted octanol–water partition coefficient (Wildman–Crippen LogP) is 1.89. The molecular weight excluding hydrogens is 390 g/mol. The van der Waals surface area contributed by atoms with E-state index in [1.807, 2.05) is 60.7 Å². The van der Waals surface area contributed by atoms with Gasteiger partial charge in [-0.15, -0.1) is 0 Å². The van der Waals surface area contributed by atoms with Crippen molar-refractivity contribution in [2.45, 2.75) is 13.0 Å². The Morgan fingerprint density at radius 1 is 0.774 bits per heavy atom. The van der Waals surface area contributed by atoms with Crippen molar-refractivity contribution >= 4 is 12.2 Å². The maximum absolute atomic E-state index is 12.4. The van der Waals surface area contributed by atoms with E-state index in [0.717, 1.165) is 11.1 Å². The van der Waals surface area contributed by atoms with Crippen LogP contribution in [0.1, 0.15) is 16.8 Å². The van der Waals surface area contributed by atoms with Crippen molar-refractivity contribution in [3.05, 3.63) is 127 Å². The number of ether oxygens (including phenoxy) is 1. The molecule has 2 aromatic heterocycles. The van der Waals surface area contributed by atoms with Crippen LogP contribution in [0, 0.1) is 0 Å². The Balaban J connectivity index is 1.51. The predicted molar refractivity (Wildman–Crippen MR) is 120 cm³/mol. The normalized spacial score (nSPS) is 12.1. The highest BCUT2D eigenvalue weighted by atomic mass is 16.5. The Kier molecular flexibility index (Phi) is 6.18. The molecule has 0 aliphatic heterocycles. The largest absolute Gasteiger partial charge is 0.487 e. The Morgan fingerprint density at radius 2 is 1.42 bits per heavy atom. The third kappa shape index (κ3) is 5.45. The number of H-pyrrole nitrogens is 2. The zero-order chi connectivity index (χ0) is 21.5. The first-order valence-electron chi connectivity index (χ1n) is 9.88. The van der Waals surface area contributed by atoms with Gasteiger partial charge in [0, 0.05) is 0 Å². The van der Waals surface area contributed by atoms with Crippen molar-refractivity contribution in [2.24, 2.45) is 0 Å². The summed E-state index contributed by atoms with van der Waals surface area (Å²) in [7, 11) is 0. The molecule has 0 fully saturated rings. The molecule has 0 unspecified atom stereocenters. The molecule has 0 spiro atoms. The van der Waals surface area contributed by atoms with Crippen molar-refractivity contribution < 1.29 is 4.74 Å². The fourth-order valence-electron chi connectivity index (χ4n) is 3.02. The van der Waals surface area contributed by atoms with Gasteiger partial charge in [-0.1, -0.05) is 66.7 Å².